The number of hydrogen-bond donors (Lipinski definition) is 1. The third-order valence-corrected chi connectivity index (χ3v) is 3.36. The highest BCUT2D eigenvalue weighted by atomic mass is 16.5. The summed E-state index contributed by atoms with van der Waals surface area (Å²) in [6.07, 6.45) is 3.55. The summed E-state index contributed by atoms with van der Waals surface area (Å²) < 4.78 is 5.83. The average molecular weight is 156 g/mol. The van der Waals surface area contributed by atoms with E-state index in [-0.39, 0.29) is 17.8 Å². The number of rotatable bonds is 1. The van der Waals surface area contributed by atoms with Gasteiger partial charge in [-0.3, -0.25) is 0 Å². The molecule has 1 aliphatic carbocycles. The number of hydrogen-bond acceptors (Lipinski definition) is 2. The van der Waals surface area contributed by atoms with Crippen molar-refractivity contribution in [3.8, 4) is 0 Å². The molecule has 0 amide bonds. The number of ether oxygens (including phenoxy) is 1. The zero-order valence-corrected chi connectivity index (χ0v) is 7.26. The lowest BCUT2D eigenvalue weighted by Crippen LogP contribution is -2.41. The first kappa shape index (κ1) is 7.56. The quantitative estimate of drug-likeness (QED) is 0.620. The molecule has 0 aromatic rings. The van der Waals surface area contributed by atoms with E-state index < -0.39 is 0 Å². The summed E-state index contributed by atoms with van der Waals surface area (Å²) in [6, 6.07) is 0. The predicted octanol–water partition coefficient (Wildman–Crippen LogP) is 1.33. The highest BCUT2D eigenvalue weighted by Gasteiger charge is 2.55. The van der Waals surface area contributed by atoms with Gasteiger partial charge in [0.1, 0.15) is 0 Å². The molecule has 1 saturated heterocycles. The summed E-state index contributed by atoms with van der Waals surface area (Å²) in [7, 11) is 0. The molecule has 64 valence electrons. The van der Waals surface area contributed by atoms with Crippen LogP contribution in [0.3, 0.4) is 0 Å². The van der Waals surface area contributed by atoms with Crippen molar-refractivity contribution in [3.05, 3.63) is 0 Å². The van der Waals surface area contributed by atoms with Gasteiger partial charge < -0.3 is 9.84 Å². The third-order valence-electron chi connectivity index (χ3n) is 3.36. The normalized spacial score (nSPS) is 55.4. The third kappa shape index (κ3) is 0.926. The minimum Gasteiger partial charge on any atom is -0.393 e. The Bertz CT molecular complexity index is 180. The highest BCUT2D eigenvalue weighted by Crippen LogP contribution is 2.52. The first-order valence-corrected chi connectivity index (χ1v) is 4.39. The monoisotopic (exact) mass is 156 g/mol. The Morgan fingerprint density at radius 1 is 1.55 bits per heavy atom. The van der Waals surface area contributed by atoms with Crippen LogP contribution in [0.4, 0.5) is 0 Å². The molecule has 11 heavy (non-hydrogen) atoms. The highest BCUT2D eigenvalue weighted by molar-refractivity contribution is 5.04. The molecule has 3 unspecified atom stereocenters. The van der Waals surface area contributed by atoms with Crippen LogP contribution in [0.25, 0.3) is 0 Å². The lowest BCUT2D eigenvalue weighted by Gasteiger charge is -2.35. The first-order chi connectivity index (χ1) is 5.08. The summed E-state index contributed by atoms with van der Waals surface area (Å²) >= 11 is 0. The van der Waals surface area contributed by atoms with Crippen LogP contribution >= 0.6 is 0 Å². The molecule has 1 saturated carbocycles. The Kier molecular flexibility index (Phi) is 1.37. The number of fused-ring (bicyclic) bond motifs is 2. The standard InChI is InChI=1S/C9H16O2/c1-8-4-3-7(5-8)9(2,6-10)11-8/h7,10H,3-6H2,1-2H3. The van der Waals surface area contributed by atoms with Crippen LogP contribution in [0.15, 0.2) is 0 Å². The minimum atomic E-state index is -0.229. The molecule has 2 rings (SSSR count). The molecule has 3 atom stereocenters. The maximum Gasteiger partial charge on any atom is 0.0920 e. The molecule has 2 fully saturated rings. The van der Waals surface area contributed by atoms with Gasteiger partial charge in [-0.15, -0.1) is 0 Å². The van der Waals surface area contributed by atoms with Crippen LogP contribution in [0.2, 0.25) is 0 Å². The van der Waals surface area contributed by atoms with Gasteiger partial charge in [0.2, 0.25) is 0 Å². The fourth-order valence-electron chi connectivity index (χ4n) is 2.63. The Morgan fingerprint density at radius 3 is 2.55 bits per heavy atom. The topological polar surface area (TPSA) is 29.5 Å². The molecular formula is C9H16O2. The molecule has 1 N–H and O–H groups in total. The molecule has 0 aromatic heterocycles. The van der Waals surface area contributed by atoms with Gasteiger partial charge in [0.15, 0.2) is 0 Å². The zero-order chi connectivity index (χ0) is 8.11. The lowest BCUT2D eigenvalue weighted by molar-refractivity contribution is -0.142. The molecule has 1 heterocycles. The lowest BCUT2D eigenvalue weighted by atomic mass is 9.90. The summed E-state index contributed by atoms with van der Waals surface area (Å²) in [5, 5.41) is 9.14. The molecule has 2 aliphatic rings. The van der Waals surface area contributed by atoms with Gasteiger partial charge in [0, 0.05) is 0 Å². The van der Waals surface area contributed by atoms with Gasteiger partial charge in [-0.2, -0.15) is 0 Å². The van der Waals surface area contributed by atoms with E-state index in [9.17, 15) is 0 Å². The molecule has 2 bridgehead atoms. The van der Waals surface area contributed by atoms with Gasteiger partial charge in [0.05, 0.1) is 17.8 Å². The average Bonchev–Trinajstić information content (AvgIpc) is 2.41. The van der Waals surface area contributed by atoms with E-state index in [4.69, 9.17) is 9.84 Å². The second-order valence-corrected chi connectivity index (χ2v) is 4.46. The van der Waals surface area contributed by atoms with E-state index in [1.165, 1.54) is 12.8 Å². The molecular weight excluding hydrogens is 140 g/mol. The van der Waals surface area contributed by atoms with Gasteiger partial charge >= 0.3 is 0 Å². The molecule has 2 heteroatoms. The summed E-state index contributed by atoms with van der Waals surface area (Å²) in [4.78, 5) is 0. The second-order valence-electron chi connectivity index (χ2n) is 4.46. The minimum absolute atomic E-state index is 0.0855. The zero-order valence-electron chi connectivity index (χ0n) is 7.26. The van der Waals surface area contributed by atoms with Crippen LogP contribution in [-0.4, -0.2) is 22.9 Å². The van der Waals surface area contributed by atoms with Crippen LogP contribution in [0.1, 0.15) is 33.1 Å². The maximum atomic E-state index is 9.14. The summed E-state index contributed by atoms with van der Waals surface area (Å²) in [6.45, 7) is 4.36. The number of aliphatic hydroxyl groups excluding tert-OH is 1. The SMILES string of the molecule is CC12CCC(C1)C(C)(CO)O2. The molecule has 0 aromatic carbocycles. The van der Waals surface area contributed by atoms with Crippen LogP contribution < -0.4 is 0 Å². The van der Waals surface area contributed by atoms with Crippen LogP contribution in [-0.2, 0) is 4.74 Å². The smallest absolute Gasteiger partial charge is 0.0920 e. The Balaban J connectivity index is 2.21. The van der Waals surface area contributed by atoms with E-state index in [2.05, 4.69) is 6.92 Å². The Morgan fingerprint density at radius 2 is 2.27 bits per heavy atom. The van der Waals surface area contributed by atoms with Crippen molar-refractivity contribution in [1.29, 1.82) is 0 Å². The van der Waals surface area contributed by atoms with Crippen molar-refractivity contribution in [1.82, 2.24) is 0 Å². The van der Waals surface area contributed by atoms with Gasteiger partial charge in [-0.1, -0.05) is 0 Å². The fraction of sp³-hybridized carbons (Fsp3) is 1.00. The van der Waals surface area contributed by atoms with Crippen LogP contribution in [0, 0.1) is 5.92 Å². The van der Waals surface area contributed by atoms with Crippen molar-refractivity contribution in [2.45, 2.75) is 44.3 Å². The van der Waals surface area contributed by atoms with Crippen molar-refractivity contribution in [2.24, 2.45) is 5.92 Å². The van der Waals surface area contributed by atoms with Gasteiger partial charge in [0.25, 0.3) is 0 Å². The van der Waals surface area contributed by atoms with E-state index in [0.717, 1.165) is 6.42 Å². The van der Waals surface area contributed by atoms with E-state index in [1.54, 1.807) is 0 Å². The molecule has 2 nitrogen and oxygen atoms in total. The molecule has 0 radical (unpaired) electrons. The van der Waals surface area contributed by atoms with Gasteiger partial charge in [-0.25, -0.2) is 0 Å². The van der Waals surface area contributed by atoms with Crippen molar-refractivity contribution in [3.63, 3.8) is 0 Å². The summed E-state index contributed by atoms with van der Waals surface area (Å²) in [5.74, 6) is 0.595. The van der Waals surface area contributed by atoms with Crippen molar-refractivity contribution in [2.75, 3.05) is 6.61 Å². The Hall–Kier alpha value is -0.0800. The largest absolute Gasteiger partial charge is 0.393 e. The molecule has 1 aliphatic heterocycles. The predicted molar refractivity (Wildman–Crippen MR) is 42.3 cm³/mol. The molecule has 0 spiro atoms. The van der Waals surface area contributed by atoms with Gasteiger partial charge in [-0.05, 0) is 39.0 Å². The number of aliphatic hydroxyl groups is 1. The van der Waals surface area contributed by atoms with E-state index >= 15 is 0 Å². The second kappa shape index (κ2) is 1.99. The van der Waals surface area contributed by atoms with Crippen molar-refractivity contribution >= 4 is 0 Å². The Labute approximate surface area is 67.6 Å². The summed E-state index contributed by atoms with van der Waals surface area (Å²) in [5.41, 5.74) is -0.144. The maximum absolute atomic E-state index is 9.14. The van der Waals surface area contributed by atoms with E-state index in [0.29, 0.717) is 5.92 Å². The van der Waals surface area contributed by atoms with Crippen LogP contribution in [0.5, 0.6) is 0 Å². The fourth-order valence-corrected chi connectivity index (χ4v) is 2.63. The first-order valence-electron chi connectivity index (χ1n) is 4.39. The van der Waals surface area contributed by atoms with E-state index in [1.807, 2.05) is 6.92 Å². The van der Waals surface area contributed by atoms with Crippen molar-refractivity contribution < 1.29 is 9.84 Å².